The van der Waals surface area contributed by atoms with Crippen LogP contribution in [0.25, 0.3) is 21.5 Å². The van der Waals surface area contributed by atoms with Crippen LogP contribution >= 0.6 is 20.6 Å². The Hall–Kier alpha value is -4.46. The van der Waals surface area contributed by atoms with Crippen LogP contribution in [-0.4, -0.2) is 83.8 Å². The lowest BCUT2D eigenvalue weighted by atomic mass is 9.67. The third-order valence-electron chi connectivity index (χ3n) is 11.7. The molecule has 0 fully saturated rings. The van der Waals surface area contributed by atoms with Crippen molar-refractivity contribution in [3.05, 3.63) is 204 Å². The van der Waals surface area contributed by atoms with Crippen LogP contribution in [0.15, 0.2) is 176 Å². The van der Waals surface area contributed by atoms with Gasteiger partial charge in [0.2, 0.25) is 0 Å². The van der Waals surface area contributed by atoms with E-state index in [0.29, 0.717) is 47.4 Å². The minimum Gasteiger partial charge on any atom is -0.395 e. The average Bonchev–Trinajstić information content (AvgIpc) is 3.30. The van der Waals surface area contributed by atoms with Crippen molar-refractivity contribution in [1.29, 1.82) is 0 Å². The molecule has 10 heteroatoms. The maximum atomic E-state index is 10.6. The fourth-order valence-corrected chi connectivity index (χ4v) is 14.0. The molecule has 7 aromatic carbocycles. The molecule has 0 atom stereocenters. The fourth-order valence-electron chi connectivity index (χ4n) is 8.71. The van der Waals surface area contributed by atoms with Crippen LogP contribution in [0.5, 0.6) is 0 Å². The Kier molecular flexibility index (Phi) is 16.4. The van der Waals surface area contributed by atoms with Crippen molar-refractivity contribution in [2.75, 3.05) is 56.0 Å². The molecular formula is C52H59BO7S2. The van der Waals surface area contributed by atoms with Crippen LogP contribution < -0.4 is 0 Å². The van der Waals surface area contributed by atoms with Crippen molar-refractivity contribution in [3.63, 3.8) is 0 Å². The molecular weight excluding hydrogens is 812 g/mol. The van der Waals surface area contributed by atoms with Crippen molar-refractivity contribution in [3.8, 4) is 0 Å². The first-order chi connectivity index (χ1) is 30.4. The molecule has 324 valence electrons. The molecule has 0 spiro atoms. The van der Waals surface area contributed by atoms with E-state index in [1.807, 2.05) is 42.5 Å². The lowest BCUT2D eigenvalue weighted by Gasteiger charge is -2.45. The average molecular weight is 871 g/mol. The first-order valence-electron chi connectivity index (χ1n) is 21.5. The highest BCUT2D eigenvalue weighted by atomic mass is 32.3. The van der Waals surface area contributed by atoms with Gasteiger partial charge in [-0.2, -0.15) is 0 Å². The molecule has 0 aliphatic heterocycles. The lowest BCUT2D eigenvalue weighted by molar-refractivity contribution is 0.203. The van der Waals surface area contributed by atoms with Crippen molar-refractivity contribution in [2.24, 2.45) is 0 Å². The van der Waals surface area contributed by atoms with E-state index >= 15 is 0 Å². The third kappa shape index (κ3) is 11.2. The molecule has 0 saturated heterocycles. The van der Waals surface area contributed by atoms with Crippen molar-refractivity contribution >= 4 is 49.5 Å². The zero-order valence-electron chi connectivity index (χ0n) is 35.3. The lowest BCUT2D eigenvalue weighted by Crippen LogP contribution is -2.37. The van der Waals surface area contributed by atoms with Gasteiger partial charge in [-0.05, 0) is 62.2 Å². The summed E-state index contributed by atoms with van der Waals surface area (Å²) in [7, 11) is -5.77. The molecule has 0 saturated carbocycles. The summed E-state index contributed by atoms with van der Waals surface area (Å²) < 4.78 is 21.1. The largest absolute Gasteiger partial charge is 0.660 e. The smallest absolute Gasteiger partial charge is 0.395 e. The number of hydrogen-bond donors (Lipinski definition) is 4. The molecule has 0 bridgehead atoms. The topological polar surface area (TPSA) is 109 Å². The highest BCUT2D eigenvalue weighted by Gasteiger charge is 2.41. The standard InChI is InChI=1S/C52H59BO7S2/c54-30-35-61(36-31-55,41-43-25-27-45-15-10-12-17-47(45)39-43)59-53(60-62(37-32-56,38-33-57)42-44-26-28-46-16-11-13-18-48(46)40-44)58-34-14-29-52(49-19-4-1-5-20-49,50-21-6-2-7-22-50)51-23-8-3-9-24-51/h1-13,15-28,39-40,54-57H,14,29-38,41-42H2. The van der Waals surface area contributed by atoms with Gasteiger partial charge in [0, 0.05) is 46.5 Å². The monoisotopic (exact) mass is 870 g/mol. The Bertz CT molecular complexity index is 2210. The van der Waals surface area contributed by atoms with E-state index in [4.69, 9.17) is 12.9 Å². The quantitative estimate of drug-likeness (QED) is 0.0272. The summed E-state index contributed by atoms with van der Waals surface area (Å²) in [4.78, 5) is 0. The summed E-state index contributed by atoms with van der Waals surface area (Å²) in [5.74, 6) is 2.14. The third-order valence-corrected chi connectivity index (χ3v) is 18.2. The van der Waals surface area contributed by atoms with Gasteiger partial charge in [0.1, 0.15) is 0 Å². The zero-order chi connectivity index (χ0) is 43.1. The van der Waals surface area contributed by atoms with E-state index in [-0.39, 0.29) is 33.0 Å². The van der Waals surface area contributed by atoms with Crippen molar-refractivity contribution in [1.82, 2.24) is 0 Å². The number of aliphatic hydroxyl groups is 4. The molecule has 7 nitrogen and oxygen atoms in total. The second-order valence-electron chi connectivity index (χ2n) is 15.8. The number of aliphatic hydroxyl groups excluding tert-OH is 4. The molecule has 0 aliphatic rings. The number of fused-ring (bicyclic) bond motifs is 2. The maximum Gasteiger partial charge on any atom is 0.660 e. The van der Waals surface area contributed by atoms with Gasteiger partial charge >= 0.3 is 7.32 Å². The Morgan fingerprint density at radius 1 is 0.419 bits per heavy atom. The molecule has 0 aliphatic carbocycles. The first-order valence-corrected chi connectivity index (χ1v) is 25.6. The second-order valence-corrected chi connectivity index (χ2v) is 22.2. The SMILES string of the molecule is OCCS(CCO)(Cc1ccc2ccccc2c1)OB(OCCCC(c1ccccc1)(c1ccccc1)c1ccccc1)OS(CCO)(CCO)Cc1ccc2ccccc2c1. The normalized spacial score (nSPS) is 12.8. The summed E-state index contributed by atoms with van der Waals surface area (Å²) in [6, 6.07) is 60.9. The van der Waals surface area contributed by atoms with E-state index in [1.54, 1.807) is 0 Å². The molecule has 0 heterocycles. The minimum absolute atomic E-state index is 0.147. The molecule has 0 aromatic heterocycles. The summed E-state index contributed by atoms with van der Waals surface area (Å²) in [6.07, 6.45) is 1.34. The fraction of sp³-hybridized carbons (Fsp3) is 0.269. The highest BCUT2D eigenvalue weighted by molar-refractivity contribution is 8.30. The molecule has 0 unspecified atom stereocenters. The van der Waals surface area contributed by atoms with E-state index in [0.717, 1.165) is 32.7 Å². The number of benzene rings is 7. The highest BCUT2D eigenvalue weighted by Crippen LogP contribution is 2.57. The predicted octanol–water partition coefficient (Wildman–Crippen LogP) is 9.95. The van der Waals surface area contributed by atoms with Crippen LogP contribution in [0.3, 0.4) is 0 Å². The van der Waals surface area contributed by atoms with Crippen LogP contribution in [0.1, 0.15) is 40.7 Å². The van der Waals surface area contributed by atoms with Gasteiger partial charge in [-0.3, -0.25) is 0 Å². The maximum absolute atomic E-state index is 10.6. The Morgan fingerprint density at radius 2 is 0.774 bits per heavy atom. The molecule has 7 aromatic rings. The zero-order valence-corrected chi connectivity index (χ0v) is 37.0. The molecule has 4 N–H and O–H groups in total. The Balaban J connectivity index is 1.24. The van der Waals surface area contributed by atoms with Crippen molar-refractivity contribution < 1.29 is 33.3 Å². The van der Waals surface area contributed by atoms with Gasteiger partial charge < -0.3 is 33.3 Å². The molecule has 7 rings (SSSR count). The number of hydrogen-bond acceptors (Lipinski definition) is 7. The molecule has 62 heavy (non-hydrogen) atoms. The van der Waals surface area contributed by atoms with E-state index in [9.17, 15) is 20.4 Å². The van der Waals surface area contributed by atoms with Gasteiger partial charge in [0.15, 0.2) is 0 Å². The van der Waals surface area contributed by atoms with E-state index < -0.39 is 33.4 Å². The molecule has 0 radical (unpaired) electrons. The Labute approximate surface area is 370 Å². The summed E-state index contributed by atoms with van der Waals surface area (Å²) in [5, 5.41) is 46.9. The minimum atomic E-state index is -2.28. The van der Waals surface area contributed by atoms with Crippen LogP contribution in [0.4, 0.5) is 0 Å². The van der Waals surface area contributed by atoms with Gasteiger partial charge in [-0.15, -0.1) is 20.6 Å². The van der Waals surface area contributed by atoms with Gasteiger partial charge in [-0.25, -0.2) is 0 Å². The summed E-state index contributed by atoms with van der Waals surface area (Å²) in [6.45, 7) is -0.318. The molecule has 0 amide bonds. The van der Waals surface area contributed by atoms with Gasteiger partial charge in [-0.1, -0.05) is 176 Å². The predicted molar refractivity (Wildman–Crippen MR) is 261 cm³/mol. The Morgan fingerprint density at radius 3 is 1.15 bits per heavy atom. The van der Waals surface area contributed by atoms with Crippen LogP contribution in [0.2, 0.25) is 0 Å². The van der Waals surface area contributed by atoms with E-state index in [2.05, 4.69) is 133 Å². The second kappa shape index (κ2) is 22.3. The van der Waals surface area contributed by atoms with Crippen LogP contribution in [-0.2, 0) is 29.8 Å². The van der Waals surface area contributed by atoms with Crippen molar-refractivity contribution in [2.45, 2.75) is 29.8 Å². The summed E-state index contributed by atoms with van der Waals surface area (Å²) >= 11 is 0. The number of rotatable bonds is 24. The van der Waals surface area contributed by atoms with E-state index in [1.165, 1.54) is 16.7 Å². The summed E-state index contributed by atoms with van der Waals surface area (Å²) in [5.41, 5.74) is 5.10. The van der Waals surface area contributed by atoms with Gasteiger partial charge in [0.25, 0.3) is 0 Å². The van der Waals surface area contributed by atoms with Gasteiger partial charge in [0.05, 0.1) is 26.4 Å². The first kappa shape index (κ1) is 45.6. The van der Waals surface area contributed by atoms with Crippen LogP contribution in [0, 0.1) is 0 Å².